The third kappa shape index (κ3) is 8.68. The predicted molar refractivity (Wildman–Crippen MR) is 229 cm³/mol. The molecule has 0 bridgehead atoms. The summed E-state index contributed by atoms with van der Waals surface area (Å²) in [6.07, 6.45) is 4.60. The van der Waals surface area contributed by atoms with E-state index in [4.69, 9.17) is 9.40 Å². The van der Waals surface area contributed by atoms with Crippen molar-refractivity contribution in [3.63, 3.8) is 0 Å². The number of hydrogen-bond donors (Lipinski definition) is 1. The van der Waals surface area contributed by atoms with E-state index < -0.39 is 0 Å². The Morgan fingerprint density at radius 2 is 1.32 bits per heavy atom. The van der Waals surface area contributed by atoms with Crippen LogP contribution in [0.5, 0.6) is 0 Å². The summed E-state index contributed by atoms with van der Waals surface area (Å²) in [7, 11) is 0. The fourth-order valence-electron chi connectivity index (χ4n) is 7.08. The van der Waals surface area contributed by atoms with E-state index in [-0.39, 0.29) is 43.5 Å². The average molecular weight is 922 g/mol. The molecular formula is C50H53IrN2O3-. The summed E-state index contributed by atoms with van der Waals surface area (Å²) in [6.45, 7) is 20.8. The van der Waals surface area contributed by atoms with Crippen LogP contribution in [0.25, 0.3) is 61.3 Å². The van der Waals surface area contributed by atoms with Crippen LogP contribution in [0, 0.1) is 31.9 Å². The molecule has 7 aromatic rings. The van der Waals surface area contributed by atoms with Gasteiger partial charge in [0, 0.05) is 55.6 Å². The monoisotopic (exact) mass is 922 g/mol. The van der Waals surface area contributed by atoms with Crippen molar-refractivity contribution in [1.82, 2.24) is 9.55 Å². The second kappa shape index (κ2) is 17.8. The number of para-hydroxylation sites is 2. The molecule has 0 fully saturated rings. The summed E-state index contributed by atoms with van der Waals surface area (Å²) in [4.78, 5) is 16.3. The Morgan fingerprint density at radius 1 is 0.714 bits per heavy atom. The maximum absolute atomic E-state index is 11.0. The van der Waals surface area contributed by atoms with Crippen LogP contribution in [0.1, 0.15) is 89.5 Å². The van der Waals surface area contributed by atoms with E-state index in [2.05, 4.69) is 156 Å². The number of imidazole rings is 1. The summed E-state index contributed by atoms with van der Waals surface area (Å²) >= 11 is 0. The number of aliphatic hydroxyl groups is 1. The number of aliphatic hydroxyl groups excluding tert-OH is 1. The van der Waals surface area contributed by atoms with Gasteiger partial charge in [-0.25, -0.2) is 0 Å². The van der Waals surface area contributed by atoms with Crippen LogP contribution < -0.4 is 0 Å². The molecule has 0 atom stereocenters. The molecular weight excluding hydrogens is 869 g/mol. The van der Waals surface area contributed by atoms with Gasteiger partial charge in [-0.3, -0.25) is 9.78 Å². The maximum atomic E-state index is 11.0. The Balaban J connectivity index is 0.000000439. The van der Waals surface area contributed by atoms with Gasteiger partial charge in [-0.1, -0.05) is 145 Å². The molecule has 5 aromatic carbocycles. The Morgan fingerprint density at radius 3 is 1.91 bits per heavy atom. The molecule has 0 amide bonds. The van der Waals surface area contributed by atoms with Crippen LogP contribution in [-0.4, -0.2) is 20.4 Å². The van der Waals surface area contributed by atoms with E-state index in [1.54, 1.807) is 0 Å². The molecule has 6 heteroatoms. The predicted octanol–water partition coefficient (Wildman–Crippen LogP) is 13.7. The molecule has 7 rings (SSSR count). The molecule has 0 unspecified atom stereocenters. The number of nitrogens with zero attached hydrogens (tertiary/aromatic N) is 2. The number of carbonyl (C=O) groups excluding carboxylic acids is 1. The quantitative estimate of drug-likeness (QED) is 0.0890. The van der Waals surface area contributed by atoms with Crippen molar-refractivity contribution < 1.29 is 34.4 Å². The molecule has 291 valence electrons. The minimum absolute atomic E-state index is 0. The standard InChI is InChI=1S/C41H37N2O.C9H16O2.Ir/c1-25(2)32-22-31(29-15-8-7-9-16-29)23-33(26(3)4)40(32)43-37-18-11-10-17-36(37)42-41(43)35-24-44-38-20-19-30(21-34(35)38)39-27(5)13-12-14-28(39)6;1-6(2)8(10)5-9(11)7(3)4;/h7-23,25-26H,1-6H3;5-7,10H,1-4H3;/q-1;;/b;8-5-;. The molecule has 2 aromatic heterocycles. The molecule has 0 aliphatic heterocycles. The van der Waals surface area contributed by atoms with Gasteiger partial charge in [-0.05, 0) is 94.5 Å². The summed E-state index contributed by atoms with van der Waals surface area (Å²) in [5.41, 5.74) is 14.9. The number of ketones is 1. The van der Waals surface area contributed by atoms with Gasteiger partial charge in [0.15, 0.2) is 5.78 Å². The van der Waals surface area contributed by atoms with Gasteiger partial charge in [-0.2, -0.15) is 0 Å². The van der Waals surface area contributed by atoms with Gasteiger partial charge in [0.25, 0.3) is 0 Å². The van der Waals surface area contributed by atoms with Gasteiger partial charge >= 0.3 is 0 Å². The molecule has 0 spiro atoms. The van der Waals surface area contributed by atoms with Crippen LogP contribution in [0.3, 0.4) is 0 Å². The number of benzene rings is 5. The van der Waals surface area contributed by atoms with Crippen molar-refractivity contribution in [1.29, 1.82) is 0 Å². The first-order valence-corrected chi connectivity index (χ1v) is 19.4. The van der Waals surface area contributed by atoms with Gasteiger partial charge < -0.3 is 14.1 Å². The first-order chi connectivity index (χ1) is 26.3. The number of rotatable bonds is 9. The second-order valence-corrected chi connectivity index (χ2v) is 15.8. The third-order valence-electron chi connectivity index (χ3n) is 10.3. The fraction of sp³-hybridized carbons (Fsp3) is 0.280. The Labute approximate surface area is 345 Å². The van der Waals surface area contributed by atoms with Crippen LogP contribution in [0.2, 0.25) is 0 Å². The fourth-order valence-corrected chi connectivity index (χ4v) is 7.08. The van der Waals surface area contributed by atoms with Crippen molar-refractivity contribution in [2.24, 2.45) is 11.8 Å². The Kier molecular flexibility index (Phi) is 13.4. The average Bonchev–Trinajstić information content (AvgIpc) is 3.75. The number of furan rings is 1. The van der Waals surface area contributed by atoms with Crippen LogP contribution in [0.4, 0.5) is 0 Å². The van der Waals surface area contributed by atoms with E-state index in [1.807, 2.05) is 27.7 Å². The zero-order valence-electron chi connectivity index (χ0n) is 34.2. The molecule has 0 aliphatic rings. The first-order valence-electron chi connectivity index (χ1n) is 19.4. The number of allylic oxidation sites excluding steroid dienone is 2. The van der Waals surface area contributed by atoms with Crippen molar-refractivity contribution in [3.8, 4) is 39.3 Å². The number of carbonyl (C=O) groups is 1. The van der Waals surface area contributed by atoms with E-state index in [0.717, 1.165) is 33.4 Å². The molecule has 56 heavy (non-hydrogen) atoms. The van der Waals surface area contributed by atoms with Crippen molar-refractivity contribution in [2.45, 2.75) is 81.1 Å². The molecule has 5 nitrogen and oxygen atoms in total. The smallest absolute Gasteiger partial charge is 0.161 e. The normalized spacial score (nSPS) is 11.8. The first kappa shape index (κ1) is 42.1. The van der Waals surface area contributed by atoms with Crippen LogP contribution in [-0.2, 0) is 24.9 Å². The minimum Gasteiger partial charge on any atom is -0.557 e. The number of aromatic nitrogens is 2. The van der Waals surface area contributed by atoms with Crippen molar-refractivity contribution in [3.05, 3.63) is 143 Å². The molecule has 1 radical (unpaired) electrons. The maximum Gasteiger partial charge on any atom is 0.161 e. The van der Waals surface area contributed by atoms with E-state index >= 15 is 0 Å². The largest absolute Gasteiger partial charge is 0.557 e. The van der Waals surface area contributed by atoms with E-state index in [0.29, 0.717) is 11.8 Å². The number of hydrogen-bond acceptors (Lipinski definition) is 4. The second-order valence-electron chi connectivity index (χ2n) is 15.8. The third-order valence-corrected chi connectivity index (χ3v) is 10.3. The van der Waals surface area contributed by atoms with Gasteiger partial charge in [-0.15, -0.1) is 0 Å². The van der Waals surface area contributed by atoms with Crippen LogP contribution in [0.15, 0.2) is 119 Å². The molecule has 0 saturated heterocycles. The minimum atomic E-state index is -0.0316. The summed E-state index contributed by atoms with van der Waals surface area (Å²) in [5, 5.41) is 10.2. The number of aryl methyl sites for hydroxylation is 2. The Bertz CT molecular complexity index is 2450. The van der Waals surface area contributed by atoms with Crippen molar-refractivity contribution in [2.75, 3.05) is 0 Å². The SMILES string of the molecule is CC(C)C(=O)/C=C(\O)C(C)C.Cc1cccc(C)c1-c1ccc2o[c-]c(-c3nc4ccccc4n3-c3c(C(C)C)cc(-c4ccccc4)cc3C(C)C)c2c1.[Ir]. The molecule has 2 heterocycles. The Hall–Kier alpha value is -5.03. The topological polar surface area (TPSA) is 68.3 Å². The summed E-state index contributed by atoms with van der Waals surface area (Å²) in [5.74, 6) is 1.59. The van der Waals surface area contributed by atoms with Crippen molar-refractivity contribution >= 4 is 27.8 Å². The molecule has 0 saturated carbocycles. The van der Waals surface area contributed by atoms with Crippen LogP contribution >= 0.6 is 0 Å². The van der Waals surface area contributed by atoms with Gasteiger partial charge in [0.2, 0.25) is 0 Å². The molecule has 1 N–H and O–H groups in total. The van der Waals surface area contributed by atoms with E-state index in [9.17, 15) is 9.90 Å². The zero-order chi connectivity index (χ0) is 39.6. The van der Waals surface area contributed by atoms with Gasteiger partial charge in [0.05, 0.1) is 22.6 Å². The molecule has 0 aliphatic carbocycles. The van der Waals surface area contributed by atoms with E-state index in [1.165, 1.54) is 56.3 Å². The van der Waals surface area contributed by atoms with Gasteiger partial charge in [0.1, 0.15) is 0 Å². The summed E-state index contributed by atoms with van der Waals surface area (Å²) in [6, 6.07) is 36.8. The zero-order valence-corrected chi connectivity index (χ0v) is 36.6. The summed E-state index contributed by atoms with van der Waals surface area (Å²) < 4.78 is 8.46. The number of fused-ring (bicyclic) bond motifs is 2.